The fraction of sp³-hybridized carbons (Fsp3) is 0.438. The van der Waals surface area contributed by atoms with Gasteiger partial charge in [-0.25, -0.2) is 13.1 Å². The molecule has 8 nitrogen and oxygen atoms in total. The minimum atomic E-state index is -3.61. The Morgan fingerprint density at radius 3 is 2.68 bits per heavy atom. The van der Waals surface area contributed by atoms with Gasteiger partial charge in [0.05, 0.1) is 11.4 Å². The first-order valence-corrected chi connectivity index (χ1v) is 9.42. The predicted octanol–water partition coefficient (Wildman–Crippen LogP) is 1.40. The largest absolute Gasteiger partial charge is 0.340 e. The number of benzene rings is 1. The lowest BCUT2D eigenvalue weighted by Gasteiger charge is -2.17. The van der Waals surface area contributed by atoms with E-state index < -0.39 is 10.0 Å². The third-order valence-electron chi connectivity index (χ3n) is 3.94. The Hall–Kier alpha value is -2.26. The van der Waals surface area contributed by atoms with Crippen LogP contribution in [0.25, 0.3) is 0 Å². The fourth-order valence-corrected chi connectivity index (χ4v) is 3.71. The van der Waals surface area contributed by atoms with Gasteiger partial charge in [-0.05, 0) is 37.5 Å². The van der Waals surface area contributed by atoms with Crippen LogP contribution < -0.4 is 4.72 Å². The summed E-state index contributed by atoms with van der Waals surface area (Å²) in [6, 6.07) is 4.58. The zero-order valence-electron chi connectivity index (χ0n) is 14.3. The topological polar surface area (TPSA) is 105 Å². The molecular weight excluding hydrogens is 344 g/mol. The van der Waals surface area contributed by atoms with E-state index in [4.69, 9.17) is 4.52 Å². The van der Waals surface area contributed by atoms with Crippen molar-refractivity contribution in [2.45, 2.75) is 44.2 Å². The molecule has 134 valence electrons. The zero-order valence-corrected chi connectivity index (χ0v) is 15.1. The summed E-state index contributed by atoms with van der Waals surface area (Å²) in [6.07, 6.45) is 1.70. The van der Waals surface area contributed by atoms with Gasteiger partial charge in [0.1, 0.15) is 0 Å². The Morgan fingerprint density at radius 1 is 1.36 bits per heavy atom. The monoisotopic (exact) mass is 364 g/mol. The van der Waals surface area contributed by atoms with E-state index >= 15 is 0 Å². The summed E-state index contributed by atoms with van der Waals surface area (Å²) in [6.45, 7) is 3.61. The summed E-state index contributed by atoms with van der Waals surface area (Å²) < 4.78 is 32.2. The molecule has 0 spiro atoms. The van der Waals surface area contributed by atoms with Crippen LogP contribution >= 0.6 is 0 Å². The highest BCUT2D eigenvalue weighted by Crippen LogP contribution is 2.23. The number of nitrogens with zero attached hydrogens (tertiary/aromatic N) is 3. The van der Waals surface area contributed by atoms with Crippen molar-refractivity contribution < 1.29 is 17.7 Å². The SMILES string of the molecule is Cc1nc(CN(C)C(=O)c2cc(S(=O)(=O)NC3CC3)ccc2C)no1. The van der Waals surface area contributed by atoms with Gasteiger partial charge in [0, 0.05) is 25.6 Å². The van der Waals surface area contributed by atoms with E-state index in [1.165, 1.54) is 17.0 Å². The summed E-state index contributed by atoms with van der Waals surface area (Å²) in [4.78, 5) is 18.3. The predicted molar refractivity (Wildman–Crippen MR) is 89.4 cm³/mol. The molecule has 1 saturated carbocycles. The number of nitrogens with one attached hydrogen (secondary N) is 1. The number of rotatable bonds is 6. The van der Waals surface area contributed by atoms with Gasteiger partial charge in [0.15, 0.2) is 5.82 Å². The van der Waals surface area contributed by atoms with E-state index in [1.807, 2.05) is 0 Å². The van der Waals surface area contributed by atoms with Crippen molar-refractivity contribution in [2.24, 2.45) is 0 Å². The first-order valence-electron chi connectivity index (χ1n) is 7.94. The van der Waals surface area contributed by atoms with Gasteiger partial charge < -0.3 is 9.42 Å². The lowest BCUT2D eigenvalue weighted by Crippen LogP contribution is -2.29. The molecule has 9 heteroatoms. The summed E-state index contributed by atoms with van der Waals surface area (Å²) in [5.74, 6) is 0.514. The minimum Gasteiger partial charge on any atom is -0.340 e. The van der Waals surface area contributed by atoms with Crippen LogP contribution in [0, 0.1) is 13.8 Å². The average Bonchev–Trinajstić information content (AvgIpc) is 3.26. The summed E-state index contributed by atoms with van der Waals surface area (Å²) in [5.41, 5.74) is 1.04. The summed E-state index contributed by atoms with van der Waals surface area (Å²) >= 11 is 0. The summed E-state index contributed by atoms with van der Waals surface area (Å²) in [5, 5.41) is 3.76. The normalized spacial score (nSPS) is 14.5. The Labute approximate surface area is 146 Å². The van der Waals surface area contributed by atoms with Crippen molar-refractivity contribution in [1.29, 1.82) is 0 Å². The molecule has 1 aromatic heterocycles. The van der Waals surface area contributed by atoms with Crippen LogP contribution in [0.1, 0.15) is 40.5 Å². The lowest BCUT2D eigenvalue weighted by molar-refractivity contribution is 0.0779. The first kappa shape index (κ1) is 17.6. The van der Waals surface area contributed by atoms with E-state index in [1.54, 1.807) is 27.0 Å². The first-order chi connectivity index (χ1) is 11.8. The molecule has 1 fully saturated rings. The number of amides is 1. The standard InChI is InChI=1S/C16H20N4O4S/c1-10-4-7-13(25(22,23)19-12-5-6-12)8-14(10)16(21)20(3)9-15-17-11(2)24-18-15/h4,7-8,12,19H,5-6,9H2,1-3H3. The van der Waals surface area contributed by atoms with Gasteiger partial charge >= 0.3 is 0 Å². The fourth-order valence-electron chi connectivity index (χ4n) is 2.38. The second-order valence-corrected chi connectivity index (χ2v) is 7.98. The Bertz CT molecular complexity index is 903. The van der Waals surface area contributed by atoms with E-state index in [0.29, 0.717) is 22.8 Å². The van der Waals surface area contributed by atoms with Crippen molar-refractivity contribution >= 4 is 15.9 Å². The molecule has 0 radical (unpaired) electrons. The number of carbonyl (C=O) groups is 1. The van der Waals surface area contributed by atoms with Gasteiger partial charge in [-0.1, -0.05) is 11.2 Å². The number of aryl methyl sites for hydroxylation is 2. The van der Waals surface area contributed by atoms with Crippen LogP contribution in [0.4, 0.5) is 0 Å². The van der Waals surface area contributed by atoms with E-state index in [9.17, 15) is 13.2 Å². The van der Waals surface area contributed by atoms with Gasteiger partial charge in [-0.15, -0.1) is 0 Å². The number of sulfonamides is 1. The van der Waals surface area contributed by atoms with Crippen LogP contribution in [0.3, 0.4) is 0 Å². The zero-order chi connectivity index (χ0) is 18.2. The molecule has 1 heterocycles. The lowest BCUT2D eigenvalue weighted by atomic mass is 10.1. The molecule has 0 aliphatic heterocycles. The molecular formula is C16H20N4O4S. The Balaban J connectivity index is 1.82. The molecule has 2 aromatic rings. The Kier molecular flexibility index (Phi) is 4.61. The van der Waals surface area contributed by atoms with E-state index in [2.05, 4.69) is 14.9 Å². The highest BCUT2D eigenvalue weighted by atomic mass is 32.2. The molecule has 1 amide bonds. The smallest absolute Gasteiger partial charge is 0.254 e. The molecule has 0 atom stereocenters. The van der Waals surface area contributed by atoms with Gasteiger partial charge in [0.2, 0.25) is 15.9 Å². The maximum atomic E-state index is 12.7. The second kappa shape index (κ2) is 6.57. The third kappa shape index (κ3) is 4.05. The number of hydrogen-bond acceptors (Lipinski definition) is 6. The Morgan fingerprint density at radius 2 is 2.08 bits per heavy atom. The number of carbonyl (C=O) groups excluding carboxylic acids is 1. The minimum absolute atomic E-state index is 0.00890. The number of hydrogen-bond donors (Lipinski definition) is 1. The van der Waals surface area contributed by atoms with Gasteiger partial charge in [-0.3, -0.25) is 4.79 Å². The van der Waals surface area contributed by atoms with Crippen molar-refractivity contribution in [3.05, 3.63) is 41.0 Å². The quantitative estimate of drug-likeness (QED) is 0.830. The average molecular weight is 364 g/mol. The van der Waals surface area contributed by atoms with Crippen LogP contribution in [-0.4, -0.2) is 42.5 Å². The van der Waals surface area contributed by atoms with Crippen molar-refractivity contribution in [2.75, 3.05) is 7.05 Å². The van der Waals surface area contributed by atoms with Crippen LogP contribution in [0.5, 0.6) is 0 Å². The van der Waals surface area contributed by atoms with Crippen LogP contribution in [-0.2, 0) is 16.6 Å². The summed E-state index contributed by atoms with van der Waals surface area (Å²) in [7, 11) is -2.00. The van der Waals surface area contributed by atoms with E-state index in [0.717, 1.165) is 12.8 Å². The van der Waals surface area contributed by atoms with Crippen molar-refractivity contribution in [1.82, 2.24) is 19.8 Å². The van der Waals surface area contributed by atoms with E-state index in [-0.39, 0.29) is 23.4 Å². The van der Waals surface area contributed by atoms with Crippen LogP contribution in [0.15, 0.2) is 27.6 Å². The molecule has 1 aromatic carbocycles. The molecule has 3 rings (SSSR count). The highest BCUT2D eigenvalue weighted by molar-refractivity contribution is 7.89. The molecule has 1 aliphatic carbocycles. The second-order valence-electron chi connectivity index (χ2n) is 6.26. The van der Waals surface area contributed by atoms with Gasteiger partial charge in [-0.2, -0.15) is 4.98 Å². The maximum Gasteiger partial charge on any atom is 0.254 e. The molecule has 0 saturated heterocycles. The number of aromatic nitrogens is 2. The molecule has 0 bridgehead atoms. The van der Waals surface area contributed by atoms with Crippen molar-refractivity contribution in [3.63, 3.8) is 0 Å². The highest BCUT2D eigenvalue weighted by Gasteiger charge is 2.29. The van der Waals surface area contributed by atoms with Crippen LogP contribution in [0.2, 0.25) is 0 Å². The third-order valence-corrected chi connectivity index (χ3v) is 5.46. The maximum absolute atomic E-state index is 12.7. The molecule has 0 unspecified atom stereocenters. The van der Waals surface area contributed by atoms with Crippen molar-refractivity contribution in [3.8, 4) is 0 Å². The van der Waals surface area contributed by atoms with Gasteiger partial charge in [0.25, 0.3) is 5.91 Å². The molecule has 1 aliphatic rings. The molecule has 1 N–H and O–H groups in total. The molecule has 25 heavy (non-hydrogen) atoms.